The van der Waals surface area contributed by atoms with E-state index in [2.05, 4.69) is 22.6 Å². The minimum absolute atomic E-state index is 0.0900. The first kappa shape index (κ1) is 19.7. The molecule has 0 aliphatic rings. The number of nitrogens with one attached hydrogen (secondary N) is 1. The van der Waals surface area contributed by atoms with Crippen LogP contribution in [0.1, 0.15) is 5.69 Å². The topological polar surface area (TPSA) is 64.4 Å². The van der Waals surface area contributed by atoms with Crippen LogP contribution in [0.2, 0.25) is 5.02 Å². The molecule has 5 nitrogen and oxygen atoms in total. The second kappa shape index (κ2) is 9.29. The number of ether oxygens (including phenoxy) is 1. The predicted molar refractivity (Wildman–Crippen MR) is 116 cm³/mol. The second-order valence-corrected chi connectivity index (χ2v) is 7.08. The van der Waals surface area contributed by atoms with Crippen LogP contribution >= 0.6 is 11.6 Å². The van der Waals surface area contributed by atoms with Gasteiger partial charge >= 0.3 is 0 Å². The number of aromatic nitrogens is 1. The number of carbonyl (C=O) groups excluding carboxylic acids is 1. The molecule has 1 amide bonds. The van der Waals surface area contributed by atoms with Crippen LogP contribution in [0, 0.1) is 0 Å². The SMILES string of the molecule is O=C(COc1ccc(Cl)cc1)NCc1cc(-c2ccc(-c3ccccc3)cc2)on1. The Labute approximate surface area is 179 Å². The third kappa shape index (κ3) is 5.07. The zero-order valence-electron chi connectivity index (χ0n) is 16.0. The van der Waals surface area contributed by atoms with Gasteiger partial charge in [0.05, 0.1) is 6.54 Å². The van der Waals surface area contributed by atoms with Gasteiger partial charge in [-0.2, -0.15) is 0 Å². The molecule has 0 spiro atoms. The van der Waals surface area contributed by atoms with E-state index in [0.29, 0.717) is 22.2 Å². The van der Waals surface area contributed by atoms with Crippen molar-refractivity contribution < 1.29 is 14.1 Å². The Morgan fingerprint density at radius 3 is 2.30 bits per heavy atom. The lowest BCUT2D eigenvalue weighted by molar-refractivity contribution is -0.123. The fourth-order valence-electron chi connectivity index (χ4n) is 2.91. The minimum Gasteiger partial charge on any atom is -0.484 e. The standard InChI is InChI=1S/C24H19ClN2O3/c25-20-10-12-22(13-11-20)29-16-24(28)26-15-21-14-23(30-27-21)19-8-6-18(7-9-19)17-4-2-1-3-5-17/h1-14H,15-16H2,(H,26,28). The maximum absolute atomic E-state index is 12.0. The number of carbonyl (C=O) groups is 1. The molecule has 0 saturated carbocycles. The van der Waals surface area contributed by atoms with Crippen LogP contribution in [0.25, 0.3) is 22.5 Å². The van der Waals surface area contributed by atoms with Crippen LogP contribution in [-0.4, -0.2) is 17.7 Å². The molecule has 0 unspecified atom stereocenters. The summed E-state index contributed by atoms with van der Waals surface area (Å²) in [6.07, 6.45) is 0. The molecule has 4 rings (SSSR count). The van der Waals surface area contributed by atoms with Gasteiger partial charge in [-0.25, -0.2) is 0 Å². The summed E-state index contributed by atoms with van der Waals surface area (Å²) in [6, 6.07) is 26.9. The molecule has 0 radical (unpaired) electrons. The van der Waals surface area contributed by atoms with Gasteiger partial charge in [0.15, 0.2) is 12.4 Å². The monoisotopic (exact) mass is 418 g/mol. The number of amides is 1. The Hall–Kier alpha value is -3.57. The molecule has 0 atom stereocenters. The molecule has 0 aliphatic carbocycles. The van der Waals surface area contributed by atoms with Crippen molar-refractivity contribution in [3.05, 3.63) is 95.6 Å². The van der Waals surface area contributed by atoms with Crippen molar-refractivity contribution in [1.82, 2.24) is 10.5 Å². The first-order chi connectivity index (χ1) is 14.7. The van der Waals surface area contributed by atoms with E-state index in [9.17, 15) is 4.79 Å². The molecule has 4 aromatic rings. The highest BCUT2D eigenvalue weighted by molar-refractivity contribution is 6.30. The maximum atomic E-state index is 12.0. The Morgan fingerprint density at radius 2 is 1.57 bits per heavy atom. The van der Waals surface area contributed by atoms with Gasteiger partial charge in [-0.3, -0.25) is 4.79 Å². The van der Waals surface area contributed by atoms with Crippen molar-refractivity contribution >= 4 is 17.5 Å². The minimum atomic E-state index is -0.248. The first-order valence-electron chi connectivity index (χ1n) is 9.44. The van der Waals surface area contributed by atoms with Gasteiger partial charge in [0, 0.05) is 16.7 Å². The van der Waals surface area contributed by atoms with Crippen molar-refractivity contribution in [3.63, 3.8) is 0 Å². The van der Waals surface area contributed by atoms with Gasteiger partial charge in [-0.1, -0.05) is 71.4 Å². The fourth-order valence-corrected chi connectivity index (χ4v) is 3.03. The molecule has 3 aromatic carbocycles. The van der Waals surface area contributed by atoms with Crippen LogP contribution in [0.5, 0.6) is 5.75 Å². The van der Waals surface area contributed by atoms with E-state index in [1.54, 1.807) is 24.3 Å². The molecule has 6 heteroatoms. The molecule has 0 fully saturated rings. The maximum Gasteiger partial charge on any atom is 0.258 e. The predicted octanol–water partition coefficient (Wildman–Crippen LogP) is 5.36. The summed E-state index contributed by atoms with van der Waals surface area (Å²) >= 11 is 5.82. The van der Waals surface area contributed by atoms with E-state index < -0.39 is 0 Å². The number of benzene rings is 3. The molecular formula is C24H19ClN2O3. The Morgan fingerprint density at radius 1 is 0.900 bits per heavy atom. The molecule has 30 heavy (non-hydrogen) atoms. The highest BCUT2D eigenvalue weighted by atomic mass is 35.5. The van der Waals surface area contributed by atoms with Crippen LogP contribution in [0.3, 0.4) is 0 Å². The Kier molecular flexibility index (Phi) is 6.11. The summed E-state index contributed by atoms with van der Waals surface area (Å²) < 4.78 is 10.8. The average Bonchev–Trinajstić information content (AvgIpc) is 3.27. The van der Waals surface area contributed by atoms with Gasteiger partial charge in [-0.15, -0.1) is 0 Å². The third-order valence-electron chi connectivity index (χ3n) is 4.49. The highest BCUT2D eigenvalue weighted by Gasteiger charge is 2.09. The van der Waals surface area contributed by atoms with Gasteiger partial charge in [0.25, 0.3) is 5.91 Å². The number of halogens is 1. The zero-order valence-corrected chi connectivity index (χ0v) is 16.8. The Bertz CT molecular complexity index is 1110. The van der Waals surface area contributed by atoms with Crippen molar-refractivity contribution in [1.29, 1.82) is 0 Å². The average molecular weight is 419 g/mol. The quantitative estimate of drug-likeness (QED) is 0.439. The summed E-state index contributed by atoms with van der Waals surface area (Å²) in [7, 11) is 0. The lowest BCUT2D eigenvalue weighted by Crippen LogP contribution is -2.28. The first-order valence-corrected chi connectivity index (χ1v) is 9.82. The molecule has 0 aliphatic heterocycles. The summed E-state index contributed by atoms with van der Waals surface area (Å²) in [5, 5.41) is 7.41. The largest absolute Gasteiger partial charge is 0.484 e. The van der Waals surface area contributed by atoms with Crippen molar-refractivity contribution in [3.8, 4) is 28.2 Å². The van der Waals surface area contributed by atoms with Gasteiger partial charge in [0.1, 0.15) is 11.4 Å². The summed E-state index contributed by atoms with van der Waals surface area (Å²) in [5.74, 6) is 0.982. The van der Waals surface area contributed by atoms with Crippen molar-refractivity contribution in [2.45, 2.75) is 6.54 Å². The number of hydrogen-bond acceptors (Lipinski definition) is 4. The van der Waals surface area contributed by atoms with Gasteiger partial charge in [0.2, 0.25) is 0 Å². The zero-order chi connectivity index (χ0) is 20.8. The number of rotatable bonds is 7. The molecule has 1 heterocycles. The lowest BCUT2D eigenvalue weighted by atomic mass is 10.0. The normalized spacial score (nSPS) is 10.6. The molecule has 1 aromatic heterocycles. The highest BCUT2D eigenvalue weighted by Crippen LogP contribution is 2.25. The van der Waals surface area contributed by atoms with Crippen LogP contribution in [0.15, 0.2) is 89.5 Å². The molecule has 1 N–H and O–H groups in total. The van der Waals surface area contributed by atoms with Gasteiger partial charge in [-0.05, 0) is 35.4 Å². The van der Waals surface area contributed by atoms with Crippen LogP contribution in [0.4, 0.5) is 0 Å². The van der Waals surface area contributed by atoms with E-state index in [4.69, 9.17) is 20.9 Å². The van der Waals surface area contributed by atoms with E-state index in [1.165, 1.54) is 0 Å². The second-order valence-electron chi connectivity index (χ2n) is 6.65. The molecule has 0 saturated heterocycles. The van der Waals surface area contributed by atoms with E-state index >= 15 is 0 Å². The Balaban J connectivity index is 1.30. The van der Waals surface area contributed by atoms with Gasteiger partial charge < -0.3 is 14.6 Å². The van der Waals surface area contributed by atoms with E-state index in [0.717, 1.165) is 16.7 Å². The van der Waals surface area contributed by atoms with Crippen molar-refractivity contribution in [2.24, 2.45) is 0 Å². The molecular weight excluding hydrogens is 400 g/mol. The summed E-state index contributed by atoms with van der Waals surface area (Å²) in [4.78, 5) is 12.0. The van der Waals surface area contributed by atoms with E-state index in [1.807, 2.05) is 48.5 Å². The molecule has 0 bridgehead atoms. The molecule has 150 valence electrons. The fraction of sp³-hybridized carbons (Fsp3) is 0.0833. The number of nitrogens with zero attached hydrogens (tertiary/aromatic N) is 1. The number of hydrogen-bond donors (Lipinski definition) is 1. The summed E-state index contributed by atoms with van der Waals surface area (Å²) in [5.41, 5.74) is 3.85. The van der Waals surface area contributed by atoms with Crippen molar-refractivity contribution in [2.75, 3.05) is 6.61 Å². The van der Waals surface area contributed by atoms with Crippen LogP contribution in [-0.2, 0) is 11.3 Å². The van der Waals surface area contributed by atoms with E-state index in [-0.39, 0.29) is 19.1 Å². The third-order valence-corrected chi connectivity index (χ3v) is 4.74. The smallest absolute Gasteiger partial charge is 0.258 e. The van der Waals surface area contributed by atoms with Crippen LogP contribution < -0.4 is 10.1 Å². The summed E-state index contributed by atoms with van der Waals surface area (Å²) in [6.45, 7) is 0.168. The lowest BCUT2D eigenvalue weighted by Gasteiger charge is -2.06.